The van der Waals surface area contributed by atoms with Crippen LogP contribution < -0.4 is 10.6 Å². The first-order valence-corrected chi connectivity index (χ1v) is 11.8. The molecule has 1 aromatic carbocycles. The average Bonchev–Trinajstić information content (AvgIpc) is 3.03. The topological polar surface area (TPSA) is 70.6 Å². The molecule has 1 atom stereocenters. The fraction of sp³-hybridized carbons (Fsp3) is 0.650. The Hall–Kier alpha value is -1.77. The molecule has 1 aliphatic heterocycles. The molecule has 5 nitrogen and oxygen atoms in total. The highest BCUT2D eigenvalue weighted by atomic mass is 32.2. The van der Waals surface area contributed by atoms with Crippen LogP contribution in [0.2, 0.25) is 0 Å². The number of halogens is 3. The molecule has 9 heteroatoms. The standard InChI is InChI=1S/C20H28F3N3O2S/c1-24-18(26-17-8-11-29(27,28)13-17)25-14-19(9-3-2-4-10-19)15-6-5-7-16(12-15)20(21,22)23/h5-7,12,17H,2-4,8-11,13-14H2,1H3,(H2,24,25,26). The lowest BCUT2D eigenvalue weighted by Crippen LogP contribution is -2.49. The Kier molecular flexibility index (Phi) is 6.45. The van der Waals surface area contributed by atoms with Crippen LogP contribution in [0.5, 0.6) is 0 Å². The largest absolute Gasteiger partial charge is 0.416 e. The minimum Gasteiger partial charge on any atom is -0.356 e. The molecule has 2 fully saturated rings. The monoisotopic (exact) mass is 431 g/mol. The van der Waals surface area contributed by atoms with Crippen LogP contribution in [0.4, 0.5) is 13.2 Å². The van der Waals surface area contributed by atoms with E-state index in [1.165, 1.54) is 12.1 Å². The zero-order valence-electron chi connectivity index (χ0n) is 16.6. The highest BCUT2D eigenvalue weighted by Crippen LogP contribution is 2.41. The fourth-order valence-corrected chi connectivity index (χ4v) is 6.04. The Bertz CT molecular complexity index is 847. The van der Waals surface area contributed by atoms with E-state index in [0.29, 0.717) is 24.5 Å². The summed E-state index contributed by atoms with van der Waals surface area (Å²) in [6.07, 6.45) is 0.766. The van der Waals surface area contributed by atoms with Gasteiger partial charge in [-0.15, -0.1) is 0 Å². The van der Waals surface area contributed by atoms with Crippen LogP contribution in [-0.2, 0) is 21.4 Å². The molecule has 1 aliphatic carbocycles. The molecular formula is C20H28F3N3O2S. The van der Waals surface area contributed by atoms with Crippen molar-refractivity contribution < 1.29 is 21.6 Å². The molecule has 1 unspecified atom stereocenters. The lowest BCUT2D eigenvalue weighted by Gasteiger charge is -2.39. The van der Waals surface area contributed by atoms with Gasteiger partial charge in [-0.25, -0.2) is 8.42 Å². The first-order valence-electron chi connectivity index (χ1n) is 9.99. The van der Waals surface area contributed by atoms with Gasteiger partial charge in [0.15, 0.2) is 15.8 Å². The Morgan fingerprint density at radius 2 is 1.97 bits per heavy atom. The number of alkyl halides is 3. The van der Waals surface area contributed by atoms with Crippen LogP contribution in [0.25, 0.3) is 0 Å². The van der Waals surface area contributed by atoms with E-state index < -0.39 is 27.0 Å². The van der Waals surface area contributed by atoms with Gasteiger partial charge >= 0.3 is 6.18 Å². The minimum atomic E-state index is -4.37. The second-order valence-electron chi connectivity index (χ2n) is 8.09. The average molecular weight is 432 g/mol. The van der Waals surface area contributed by atoms with Gasteiger partial charge in [0.1, 0.15) is 0 Å². The maximum atomic E-state index is 13.2. The smallest absolute Gasteiger partial charge is 0.356 e. The zero-order valence-corrected chi connectivity index (χ0v) is 17.4. The molecule has 2 aliphatic rings. The van der Waals surface area contributed by atoms with Crippen molar-refractivity contribution in [2.75, 3.05) is 25.1 Å². The van der Waals surface area contributed by atoms with Gasteiger partial charge in [-0.2, -0.15) is 13.2 Å². The molecule has 3 rings (SSSR count). The van der Waals surface area contributed by atoms with E-state index in [-0.39, 0.29) is 17.5 Å². The summed E-state index contributed by atoms with van der Waals surface area (Å²) in [7, 11) is -1.40. The predicted octanol–water partition coefficient (Wildman–Crippen LogP) is 3.26. The summed E-state index contributed by atoms with van der Waals surface area (Å²) < 4.78 is 63.0. The molecule has 2 N–H and O–H groups in total. The number of nitrogens with one attached hydrogen (secondary N) is 2. The number of aliphatic imine (C=N–C) groups is 1. The number of hydrogen-bond acceptors (Lipinski definition) is 3. The molecule has 0 spiro atoms. The van der Waals surface area contributed by atoms with Gasteiger partial charge in [0, 0.05) is 25.0 Å². The first kappa shape index (κ1) is 21.9. The molecule has 29 heavy (non-hydrogen) atoms. The lowest BCUT2D eigenvalue weighted by molar-refractivity contribution is -0.137. The second-order valence-corrected chi connectivity index (χ2v) is 10.3. The maximum absolute atomic E-state index is 13.2. The zero-order chi connectivity index (χ0) is 21.1. The van der Waals surface area contributed by atoms with E-state index in [2.05, 4.69) is 15.6 Å². The number of benzene rings is 1. The first-order chi connectivity index (χ1) is 13.6. The molecule has 1 saturated heterocycles. The van der Waals surface area contributed by atoms with E-state index in [1.54, 1.807) is 13.1 Å². The van der Waals surface area contributed by atoms with Crippen molar-refractivity contribution in [1.29, 1.82) is 0 Å². The summed E-state index contributed by atoms with van der Waals surface area (Å²) in [5, 5.41) is 6.40. The van der Waals surface area contributed by atoms with Crippen LogP contribution in [-0.4, -0.2) is 45.5 Å². The van der Waals surface area contributed by atoms with Crippen LogP contribution in [0, 0.1) is 0 Å². The summed E-state index contributed by atoms with van der Waals surface area (Å²) in [5.41, 5.74) is -0.337. The van der Waals surface area contributed by atoms with Crippen LogP contribution in [0.3, 0.4) is 0 Å². The molecule has 0 aromatic heterocycles. The quantitative estimate of drug-likeness (QED) is 0.567. The predicted molar refractivity (Wildman–Crippen MR) is 108 cm³/mol. The van der Waals surface area contributed by atoms with Crippen molar-refractivity contribution in [1.82, 2.24) is 10.6 Å². The summed E-state index contributed by atoms with van der Waals surface area (Å²) in [5.74, 6) is 0.728. The third-order valence-corrected chi connectivity index (χ3v) is 7.77. The normalized spacial score (nSPS) is 24.3. The summed E-state index contributed by atoms with van der Waals surface area (Å²) >= 11 is 0. The second kappa shape index (κ2) is 8.53. The molecular weight excluding hydrogens is 403 g/mol. The van der Waals surface area contributed by atoms with Crippen molar-refractivity contribution in [3.8, 4) is 0 Å². The lowest BCUT2D eigenvalue weighted by atomic mass is 9.69. The number of hydrogen-bond donors (Lipinski definition) is 2. The summed E-state index contributed by atoms with van der Waals surface area (Å²) in [6, 6.07) is 5.44. The Morgan fingerprint density at radius 1 is 1.24 bits per heavy atom. The number of nitrogens with zero attached hydrogens (tertiary/aromatic N) is 1. The van der Waals surface area contributed by atoms with Crippen LogP contribution in [0.15, 0.2) is 29.3 Å². The number of guanidine groups is 1. The maximum Gasteiger partial charge on any atom is 0.416 e. The van der Waals surface area contributed by atoms with E-state index >= 15 is 0 Å². The summed E-state index contributed by atoms with van der Waals surface area (Å²) in [4.78, 5) is 4.18. The van der Waals surface area contributed by atoms with Crippen molar-refractivity contribution in [2.24, 2.45) is 4.99 Å². The molecule has 0 amide bonds. The molecule has 0 bridgehead atoms. The van der Waals surface area contributed by atoms with Gasteiger partial charge in [0.05, 0.1) is 17.1 Å². The Labute approximate surface area is 170 Å². The van der Waals surface area contributed by atoms with Crippen molar-refractivity contribution >= 4 is 15.8 Å². The molecule has 1 saturated carbocycles. The van der Waals surface area contributed by atoms with Gasteiger partial charge in [-0.05, 0) is 30.9 Å². The molecule has 1 aromatic rings. The molecule has 162 valence electrons. The number of rotatable bonds is 4. The number of sulfone groups is 1. The molecule has 1 heterocycles. The Morgan fingerprint density at radius 3 is 2.55 bits per heavy atom. The van der Waals surface area contributed by atoms with E-state index in [1.807, 2.05) is 0 Å². The highest BCUT2D eigenvalue weighted by molar-refractivity contribution is 7.91. The summed E-state index contributed by atoms with van der Waals surface area (Å²) in [6.45, 7) is 0.452. The fourth-order valence-electron chi connectivity index (χ4n) is 4.37. The minimum absolute atomic E-state index is 0.0759. The van der Waals surface area contributed by atoms with Gasteiger partial charge in [-0.1, -0.05) is 37.5 Å². The van der Waals surface area contributed by atoms with Crippen LogP contribution in [0.1, 0.15) is 49.7 Å². The van der Waals surface area contributed by atoms with Crippen molar-refractivity contribution in [3.05, 3.63) is 35.4 Å². The Balaban J connectivity index is 1.75. The third-order valence-electron chi connectivity index (χ3n) is 6.00. The van der Waals surface area contributed by atoms with E-state index in [9.17, 15) is 21.6 Å². The van der Waals surface area contributed by atoms with Crippen molar-refractivity contribution in [2.45, 2.75) is 56.2 Å². The SMILES string of the molecule is CN=C(NCC1(c2cccc(C(F)(F)F)c2)CCCCC1)NC1CCS(=O)(=O)C1. The highest BCUT2D eigenvalue weighted by Gasteiger charge is 2.37. The van der Waals surface area contributed by atoms with Gasteiger partial charge in [-0.3, -0.25) is 4.99 Å². The van der Waals surface area contributed by atoms with Gasteiger partial charge in [0.2, 0.25) is 0 Å². The third kappa shape index (κ3) is 5.43. The molecule has 0 radical (unpaired) electrons. The van der Waals surface area contributed by atoms with Gasteiger partial charge < -0.3 is 10.6 Å². The van der Waals surface area contributed by atoms with Crippen molar-refractivity contribution in [3.63, 3.8) is 0 Å². The van der Waals surface area contributed by atoms with Gasteiger partial charge in [0.25, 0.3) is 0 Å². The van der Waals surface area contributed by atoms with Crippen LogP contribution >= 0.6 is 0 Å². The van der Waals surface area contributed by atoms with E-state index in [4.69, 9.17) is 0 Å². The van der Waals surface area contributed by atoms with E-state index in [0.717, 1.165) is 38.2 Å².